The van der Waals surface area contributed by atoms with Crippen molar-refractivity contribution in [1.29, 1.82) is 0 Å². The average molecular weight is 362 g/mol. The average Bonchev–Trinajstić information content (AvgIpc) is 3.18. The molecule has 1 unspecified atom stereocenters. The minimum absolute atomic E-state index is 0.531. The number of aryl methyl sites for hydroxylation is 1. The van der Waals surface area contributed by atoms with Crippen molar-refractivity contribution >= 4 is 17.0 Å². The van der Waals surface area contributed by atoms with Crippen LogP contribution in [0.25, 0.3) is 11.0 Å². The zero-order chi connectivity index (χ0) is 18.4. The molecule has 1 atom stereocenters. The number of rotatable bonds is 4. The molecule has 1 aliphatic carbocycles. The molecule has 1 saturated carbocycles. The number of fused-ring (bicyclic) bond motifs is 1. The monoisotopic (exact) mass is 362 g/mol. The van der Waals surface area contributed by atoms with E-state index in [2.05, 4.69) is 54.8 Å². The Balaban J connectivity index is 1.36. The molecular weight excluding hydrogens is 340 g/mol. The number of aromatic nitrogens is 4. The van der Waals surface area contributed by atoms with Gasteiger partial charge in [0.05, 0.1) is 23.9 Å². The SMILES string of the molecule is Cc1cc(CN=C2NC=CC(N)(c3cc(C4CC4)[nH]n3)N2)cc2[nH]cnc12. The lowest BCUT2D eigenvalue weighted by Crippen LogP contribution is -2.57. The Labute approximate surface area is 156 Å². The fraction of sp³-hybridized carbons (Fsp3) is 0.316. The van der Waals surface area contributed by atoms with Gasteiger partial charge in [-0.25, -0.2) is 9.98 Å². The minimum Gasteiger partial charge on any atom is -0.345 e. The van der Waals surface area contributed by atoms with E-state index in [1.807, 2.05) is 18.3 Å². The normalized spacial score (nSPS) is 23.6. The fourth-order valence-electron chi connectivity index (χ4n) is 3.48. The largest absolute Gasteiger partial charge is 0.345 e. The van der Waals surface area contributed by atoms with Crippen LogP contribution in [0.4, 0.5) is 0 Å². The predicted octanol–water partition coefficient (Wildman–Crippen LogP) is 1.85. The van der Waals surface area contributed by atoms with Crippen LogP contribution < -0.4 is 16.4 Å². The van der Waals surface area contributed by atoms with Crippen molar-refractivity contribution in [2.45, 2.75) is 37.9 Å². The highest BCUT2D eigenvalue weighted by molar-refractivity contribution is 5.83. The number of imidazole rings is 1. The Morgan fingerprint density at radius 1 is 1.30 bits per heavy atom. The number of guanidine groups is 1. The summed E-state index contributed by atoms with van der Waals surface area (Å²) < 4.78 is 0. The van der Waals surface area contributed by atoms with Gasteiger partial charge in [-0.1, -0.05) is 6.07 Å². The van der Waals surface area contributed by atoms with Crippen molar-refractivity contribution in [1.82, 2.24) is 30.8 Å². The molecule has 2 aromatic heterocycles. The summed E-state index contributed by atoms with van der Waals surface area (Å²) in [5.41, 5.74) is 11.8. The number of hydrogen-bond donors (Lipinski definition) is 5. The molecule has 0 amide bonds. The highest BCUT2D eigenvalue weighted by Gasteiger charge is 2.33. The standard InChI is InChI=1S/C19H22N8/c1-11-6-12(7-15-17(11)24-10-23-15)9-22-18-21-5-4-19(20,25-18)16-8-14(26-27-16)13-2-3-13/h4-8,10,13H,2-3,9,20H2,1H3,(H,23,24)(H,26,27)(H2,21,22,25). The Bertz CT molecular complexity index is 1050. The van der Waals surface area contributed by atoms with Crippen molar-refractivity contribution < 1.29 is 0 Å². The second-order valence-corrected chi connectivity index (χ2v) is 7.33. The number of nitrogens with one attached hydrogen (secondary N) is 4. The summed E-state index contributed by atoms with van der Waals surface area (Å²) in [4.78, 5) is 12.1. The number of aromatic amines is 2. The first-order valence-corrected chi connectivity index (χ1v) is 9.15. The number of nitrogens with two attached hydrogens (primary N) is 1. The molecule has 8 heteroatoms. The van der Waals surface area contributed by atoms with Crippen LogP contribution in [0.15, 0.2) is 41.8 Å². The van der Waals surface area contributed by atoms with Gasteiger partial charge in [0.1, 0.15) is 5.69 Å². The van der Waals surface area contributed by atoms with Gasteiger partial charge in [0.2, 0.25) is 0 Å². The predicted molar refractivity (Wildman–Crippen MR) is 104 cm³/mol. The van der Waals surface area contributed by atoms with Gasteiger partial charge in [-0.3, -0.25) is 5.10 Å². The van der Waals surface area contributed by atoms with Gasteiger partial charge in [-0.15, -0.1) is 0 Å². The van der Waals surface area contributed by atoms with Crippen LogP contribution in [0.5, 0.6) is 0 Å². The number of benzene rings is 1. The summed E-state index contributed by atoms with van der Waals surface area (Å²) in [6.07, 6.45) is 7.82. The molecule has 1 aliphatic heterocycles. The maximum absolute atomic E-state index is 6.54. The number of aliphatic imine (C=N–C) groups is 1. The van der Waals surface area contributed by atoms with E-state index >= 15 is 0 Å². The van der Waals surface area contributed by atoms with E-state index in [0.29, 0.717) is 18.4 Å². The van der Waals surface area contributed by atoms with E-state index in [-0.39, 0.29) is 0 Å². The molecule has 5 rings (SSSR count). The van der Waals surface area contributed by atoms with E-state index in [0.717, 1.165) is 33.5 Å². The van der Waals surface area contributed by atoms with Gasteiger partial charge in [-0.05, 0) is 49.1 Å². The van der Waals surface area contributed by atoms with E-state index in [9.17, 15) is 0 Å². The van der Waals surface area contributed by atoms with Crippen molar-refractivity contribution in [3.63, 3.8) is 0 Å². The molecule has 6 N–H and O–H groups in total. The quantitative estimate of drug-likeness (QED) is 0.485. The molecule has 8 nitrogen and oxygen atoms in total. The van der Waals surface area contributed by atoms with Crippen molar-refractivity contribution in [3.8, 4) is 0 Å². The van der Waals surface area contributed by atoms with Crippen LogP contribution >= 0.6 is 0 Å². The first-order chi connectivity index (χ1) is 13.1. The van der Waals surface area contributed by atoms with Crippen molar-refractivity contribution in [3.05, 3.63) is 59.3 Å². The second kappa shape index (κ2) is 5.95. The molecule has 3 heterocycles. The Morgan fingerprint density at radius 3 is 3.04 bits per heavy atom. The van der Waals surface area contributed by atoms with E-state index < -0.39 is 5.66 Å². The third-order valence-corrected chi connectivity index (χ3v) is 5.12. The Morgan fingerprint density at radius 2 is 2.19 bits per heavy atom. The second-order valence-electron chi connectivity index (χ2n) is 7.33. The van der Waals surface area contributed by atoms with Crippen LogP contribution in [0.2, 0.25) is 0 Å². The lowest BCUT2D eigenvalue weighted by molar-refractivity contribution is 0.483. The third-order valence-electron chi connectivity index (χ3n) is 5.12. The molecule has 138 valence electrons. The first-order valence-electron chi connectivity index (χ1n) is 9.15. The number of nitrogens with zero attached hydrogens (tertiary/aromatic N) is 3. The maximum Gasteiger partial charge on any atom is 0.197 e. The number of hydrogen-bond acceptors (Lipinski definition) is 4. The molecular formula is C19H22N8. The summed E-state index contributed by atoms with van der Waals surface area (Å²) in [6.45, 7) is 2.59. The molecule has 1 aromatic carbocycles. The molecule has 1 fully saturated rings. The van der Waals surface area contributed by atoms with E-state index in [4.69, 9.17) is 5.73 Å². The van der Waals surface area contributed by atoms with Crippen molar-refractivity contribution in [2.24, 2.45) is 10.7 Å². The Kier molecular flexibility index (Phi) is 3.54. The smallest absolute Gasteiger partial charge is 0.197 e. The molecule has 0 saturated heterocycles. The highest BCUT2D eigenvalue weighted by Crippen LogP contribution is 2.39. The van der Waals surface area contributed by atoms with Gasteiger partial charge < -0.3 is 21.4 Å². The molecule has 2 aliphatic rings. The third kappa shape index (κ3) is 2.97. The molecule has 0 radical (unpaired) electrons. The first kappa shape index (κ1) is 16.1. The molecule has 3 aromatic rings. The Hall–Kier alpha value is -3.13. The van der Waals surface area contributed by atoms with Gasteiger partial charge in [0, 0.05) is 17.8 Å². The molecule has 27 heavy (non-hydrogen) atoms. The van der Waals surface area contributed by atoms with E-state index in [1.165, 1.54) is 12.8 Å². The zero-order valence-corrected chi connectivity index (χ0v) is 15.1. The zero-order valence-electron chi connectivity index (χ0n) is 15.1. The van der Waals surface area contributed by atoms with Gasteiger partial charge in [0.15, 0.2) is 11.6 Å². The van der Waals surface area contributed by atoms with E-state index in [1.54, 1.807) is 6.33 Å². The topological polar surface area (TPSA) is 120 Å². The summed E-state index contributed by atoms with van der Waals surface area (Å²) in [5, 5.41) is 13.9. The fourth-order valence-corrected chi connectivity index (χ4v) is 3.48. The van der Waals surface area contributed by atoms with Crippen LogP contribution in [-0.4, -0.2) is 26.1 Å². The molecule has 0 spiro atoms. The van der Waals surface area contributed by atoms with Gasteiger partial charge in [0.25, 0.3) is 0 Å². The van der Waals surface area contributed by atoms with Gasteiger partial charge >= 0.3 is 0 Å². The number of H-pyrrole nitrogens is 2. The van der Waals surface area contributed by atoms with Crippen LogP contribution in [0.1, 0.15) is 41.3 Å². The van der Waals surface area contributed by atoms with Crippen LogP contribution in [0, 0.1) is 6.92 Å². The highest BCUT2D eigenvalue weighted by atomic mass is 15.3. The maximum atomic E-state index is 6.54. The summed E-state index contributed by atoms with van der Waals surface area (Å²) in [5.74, 6) is 1.23. The van der Waals surface area contributed by atoms with Crippen LogP contribution in [-0.2, 0) is 12.2 Å². The van der Waals surface area contributed by atoms with Crippen molar-refractivity contribution in [2.75, 3.05) is 0 Å². The summed E-state index contributed by atoms with van der Waals surface area (Å²) in [6, 6.07) is 6.23. The summed E-state index contributed by atoms with van der Waals surface area (Å²) >= 11 is 0. The summed E-state index contributed by atoms with van der Waals surface area (Å²) in [7, 11) is 0. The van der Waals surface area contributed by atoms with Crippen LogP contribution in [0.3, 0.4) is 0 Å². The molecule has 0 bridgehead atoms. The van der Waals surface area contributed by atoms with Gasteiger partial charge in [-0.2, -0.15) is 5.10 Å². The minimum atomic E-state index is -0.878. The lowest BCUT2D eigenvalue weighted by atomic mass is 10.1. The lowest BCUT2D eigenvalue weighted by Gasteiger charge is -2.30.